The van der Waals surface area contributed by atoms with E-state index in [0.29, 0.717) is 20.1 Å². The Kier molecular flexibility index (Phi) is 7.18. The summed E-state index contributed by atoms with van der Waals surface area (Å²) in [4.78, 5) is 0. The van der Waals surface area contributed by atoms with Crippen molar-refractivity contribution in [2.75, 3.05) is 10.9 Å². The van der Waals surface area contributed by atoms with E-state index in [-0.39, 0.29) is 0 Å². The number of rotatable bonds is 6. The molecule has 0 saturated carbocycles. The first-order valence-electron chi connectivity index (χ1n) is 8.09. The van der Waals surface area contributed by atoms with Crippen LogP contribution in [0.5, 0.6) is 0 Å². The van der Waals surface area contributed by atoms with Crippen LogP contribution in [0.3, 0.4) is 0 Å². The maximum Gasteiger partial charge on any atom is 0.0613 e. The van der Waals surface area contributed by atoms with Gasteiger partial charge in [-0.25, -0.2) is 0 Å². The van der Waals surface area contributed by atoms with Gasteiger partial charge in [0.15, 0.2) is 0 Å². The highest BCUT2D eigenvalue weighted by Gasteiger charge is 1.99. The summed E-state index contributed by atoms with van der Waals surface area (Å²) in [5, 5.41) is 10.3. The minimum Gasteiger partial charge on any atom is -0.278 e. The van der Waals surface area contributed by atoms with Crippen molar-refractivity contribution in [2.24, 2.45) is 10.2 Å². The molecule has 142 valence electrons. The highest BCUT2D eigenvalue weighted by molar-refractivity contribution is 6.42. The summed E-state index contributed by atoms with van der Waals surface area (Å²) >= 11 is 23.7. The van der Waals surface area contributed by atoms with Gasteiger partial charge in [-0.3, -0.25) is 10.9 Å². The zero-order valence-corrected chi connectivity index (χ0v) is 17.4. The summed E-state index contributed by atoms with van der Waals surface area (Å²) in [6, 6.07) is 18.2. The fourth-order valence-corrected chi connectivity index (χ4v) is 2.76. The Morgan fingerprint density at radius 1 is 0.536 bits per heavy atom. The van der Waals surface area contributed by atoms with E-state index < -0.39 is 0 Å². The third kappa shape index (κ3) is 5.88. The van der Waals surface area contributed by atoms with Gasteiger partial charge >= 0.3 is 0 Å². The van der Waals surface area contributed by atoms with Gasteiger partial charge in [0.1, 0.15) is 0 Å². The van der Waals surface area contributed by atoms with Crippen molar-refractivity contribution in [2.45, 2.75) is 0 Å². The normalized spacial score (nSPS) is 11.3. The molecular weight excluding hydrogens is 438 g/mol. The smallest absolute Gasteiger partial charge is 0.0613 e. The third-order valence-corrected chi connectivity index (χ3v) is 5.07. The highest BCUT2D eigenvalue weighted by Crippen LogP contribution is 2.25. The molecule has 0 aliphatic carbocycles. The summed E-state index contributed by atoms with van der Waals surface area (Å²) in [5.74, 6) is 0. The van der Waals surface area contributed by atoms with Gasteiger partial charge < -0.3 is 0 Å². The van der Waals surface area contributed by atoms with Gasteiger partial charge in [0.05, 0.1) is 43.9 Å². The minimum atomic E-state index is 0.472. The number of hydrazone groups is 2. The summed E-state index contributed by atoms with van der Waals surface area (Å²) < 4.78 is 0. The lowest BCUT2D eigenvalue weighted by Crippen LogP contribution is -1.92. The van der Waals surface area contributed by atoms with E-state index in [1.165, 1.54) is 0 Å². The summed E-state index contributed by atoms with van der Waals surface area (Å²) in [6.07, 6.45) is 3.41. The number of anilines is 2. The van der Waals surface area contributed by atoms with Gasteiger partial charge in [0, 0.05) is 0 Å². The Morgan fingerprint density at radius 3 is 1.29 bits per heavy atom. The van der Waals surface area contributed by atoms with Crippen LogP contribution in [-0.2, 0) is 0 Å². The molecule has 0 heterocycles. The second kappa shape index (κ2) is 9.80. The number of hydrogen-bond donors (Lipinski definition) is 2. The van der Waals surface area contributed by atoms with Crippen LogP contribution in [0.1, 0.15) is 11.1 Å². The van der Waals surface area contributed by atoms with Crippen molar-refractivity contribution in [3.05, 3.63) is 91.9 Å². The highest BCUT2D eigenvalue weighted by atomic mass is 35.5. The molecule has 0 bridgehead atoms. The number of hydrogen-bond acceptors (Lipinski definition) is 4. The predicted octanol–water partition coefficient (Wildman–Crippen LogP) is 7.19. The quantitative estimate of drug-likeness (QED) is 0.307. The van der Waals surface area contributed by atoms with Crippen molar-refractivity contribution in [3.8, 4) is 0 Å². The van der Waals surface area contributed by atoms with Crippen LogP contribution in [0.15, 0.2) is 70.9 Å². The van der Waals surface area contributed by atoms with Crippen LogP contribution >= 0.6 is 46.4 Å². The van der Waals surface area contributed by atoms with Crippen molar-refractivity contribution in [3.63, 3.8) is 0 Å². The second-order valence-corrected chi connectivity index (χ2v) is 7.29. The van der Waals surface area contributed by atoms with Crippen molar-refractivity contribution >= 4 is 70.2 Å². The molecule has 28 heavy (non-hydrogen) atoms. The first-order valence-corrected chi connectivity index (χ1v) is 9.61. The van der Waals surface area contributed by atoms with Crippen molar-refractivity contribution < 1.29 is 0 Å². The molecule has 0 atom stereocenters. The predicted molar refractivity (Wildman–Crippen MR) is 122 cm³/mol. The fraction of sp³-hybridized carbons (Fsp3) is 0. The van der Waals surface area contributed by atoms with Gasteiger partial charge in [0.25, 0.3) is 0 Å². The minimum absolute atomic E-state index is 0.472. The zero-order valence-electron chi connectivity index (χ0n) is 14.3. The van der Waals surface area contributed by atoms with E-state index in [1.807, 2.05) is 24.3 Å². The SMILES string of the molecule is Clc1ccc(N/N=C\c2ccc(/C=N\Nc3ccc(Cl)c(Cl)c3)cc2)cc1Cl. The first-order chi connectivity index (χ1) is 13.5. The fourth-order valence-electron chi connectivity index (χ4n) is 2.16. The molecule has 0 fully saturated rings. The van der Waals surface area contributed by atoms with E-state index in [1.54, 1.807) is 48.8 Å². The molecule has 4 nitrogen and oxygen atoms in total. The maximum atomic E-state index is 5.97. The molecule has 0 aliphatic heterocycles. The molecule has 3 aromatic carbocycles. The number of benzene rings is 3. The molecule has 0 saturated heterocycles. The first kappa shape index (κ1) is 20.5. The monoisotopic (exact) mass is 450 g/mol. The summed E-state index contributed by atoms with van der Waals surface area (Å²) in [7, 11) is 0. The van der Waals surface area contributed by atoms with Crippen LogP contribution < -0.4 is 10.9 Å². The average Bonchev–Trinajstić information content (AvgIpc) is 2.69. The zero-order chi connectivity index (χ0) is 19.9. The van der Waals surface area contributed by atoms with Gasteiger partial charge in [-0.05, 0) is 47.5 Å². The Labute approximate surface area is 182 Å². The molecule has 0 amide bonds. The van der Waals surface area contributed by atoms with E-state index in [0.717, 1.165) is 22.5 Å². The lowest BCUT2D eigenvalue weighted by atomic mass is 10.2. The Morgan fingerprint density at radius 2 is 0.929 bits per heavy atom. The van der Waals surface area contributed by atoms with Gasteiger partial charge in [-0.1, -0.05) is 70.7 Å². The lowest BCUT2D eigenvalue weighted by molar-refractivity contribution is 1.34. The molecule has 0 radical (unpaired) electrons. The largest absolute Gasteiger partial charge is 0.278 e. The second-order valence-electron chi connectivity index (χ2n) is 5.66. The standard InChI is InChI=1S/C20H14Cl4N4/c21-17-7-5-15(9-19(17)23)27-25-11-13-1-2-14(4-3-13)12-26-28-16-6-8-18(22)20(24)10-16/h1-12,27-28H/b25-11-,26-12-. The number of nitrogens with zero attached hydrogens (tertiary/aromatic N) is 2. The topological polar surface area (TPSA) is 48.8 Å². The molecule has 0 aliphatic rings. The third-order valence-electron chi connectivity index (χ3n) is 3.59. The molecule has 3 rings (SSSR count). The Hall–Kier alpha value is -2.24. The van der Waals surface area contributed by atoms with Crippen molar-refractivity contribution in [1.29, 1.82) is 0 Å². The average molecular weight is 452 g/mol. The van der Waals surface area contributed by atoms with Crippen molar-refractivity contribution in [1.82, 2.24) is 0 Å². The maximum absolute atomic E-state index is 5.97. The molecule has 0 spiro atoms. The van der Waals surface area contributed by atoms with Gasteiger partial charge in [-0.15, -0.1) is 0 Å². The van der Waals surface area contributed by atoms with E-state index in [2.05, 4.69) is 21.1 Å². The molecule has 0 aromatic heterocycles. The molecule has 0 unspecified atom stereocenters. The van der Waals surface area contributed by atoms with Crippen LogP contribution in [0.2, 0.25) is 20.1 Å². The van der Waals surface area contributed by atoms with E-state index in [9.17, 15) is 0 Å². The molecule has 3 aromatic rings. The van der Waals surface area contributed by atoms with Gasteiger partial charge in [0.2, 0.25) is 0 Å². The Balaban J connectivity index is 1.55. The van der Waals surface area contributed by atoms with E-state index in [4.69, 9.17) is 46.4 Å². The van der Waals surface area contributed by atoms with Crippen LogP contribution in [0, 0.1) is 0 Å². The summed E-state index contributed by atoms with van der Waals surface area (Å²) in [6.45, 7) is 0. The van der Waals surface area contributed by atoms with E-state index >= 15 is 0 Å². The molecular formula is C20H14Cl4N4. The number of nitrogens with one attached hydrogen (secondary N) is 2. The summed E-state index contributed by atoms with van der Waals surface area (Å²) in [5.41, 5.74) is 9.18. The van der Waals surface area contributed by atoms with Crippen LogP contribution in [-0.4, -0.2) is 12.4 Å². The van der Waals surface area contributed by atoms with Gasteiger partial charge in [-0.2, -0.15) is 10.2 Å². The number of halogens is 4. The Bertz CT molecular complexity index is 935. The molecule has 8 heteroatoms. The molecule has 2 N–H and O–H groups in total. The van der Waals surface area contributed by atoms with Crippen LogP contribution in [0.4, 0.5) is 11.4 Å². The lowest BCUT2D eigenvalue weighted by Gasteiger charge is -2.02. The van der Waals surface area contributed by atoms with Crippen LogP contribution in [0.25, 0.3) is 0 Å².